The van der Waals surface area contributed by atoms with Crippen LogP contribution in [0.4, 0.5) is 0 Å². The van der Waals surface area contributed by atoms with Gasteiger partial charge in [-0.15, -0.1) is 0 Å². The first-order chi connectivity index (χ1) is 7.61. The van der Waals surface area contributed by atoms with Crippen molar-refractivity contribution in [2.24, 2.45) is 11.3 Å². The molecular weight excluding hydrogens is 204 g/mol. The van der Waals surface area contributed by atoms with Crippen LogP contribution in [0.1, 0.15) is 39.0 Å². The van der Waals surface area contributed by atoms with E-state index in [1.807, 2.05) is 6.92 Å². The summed E-state index contributed by atoms with van der Waals surface area (Å²) in [5, 5.41) is 0. The summed E-state index contributed by atoms with van der Waals surface area (Å²) in [6.45, 7) is 1.99. The number of ether oxygens (including phenoxy) is 1. The van der Waals surface area contributed by atoms with E-state index in [-0.39, 0.29) is 17.7 Å². The van der Waals surface area contributed by atoms with Gasteiger partial charge in [0.05, 0.1) is 12.5 Å². The zero-order valence-electron chi connectivity index (χ0n) is 9.91. The Morgan fingerprint density at radius 1 is 1.50 bits per heavy atom. The van der Waals surface area contributed by atoms with Crippen molar-refractivity contribution in [3.63, 3.8) is 0 Å². The lowest BCUT2D eigenvalue weighted by Gasteiger charge is -2.43. The van der Waals surface area contributed by atoms with Crippen LogP contribution in [0.5, 0.6) is 0 Å². The third kappa shape index (κ3) is 1.49. The first-order valence-electron chi connectivity index (χ1n) is 5.93. The molecule has 1 saturated carbocycles. The van der Waals surface area contributed by atoms with Gasteiger partial charge in [-0.2, -0.15) is 0 Å². The molecule has 0 spiro atoms. The van der Waals surface area contributed by atoms with E-state index in [4.69, 9.17) is 4.74 Å². The fourth-order valence-electron chi connectivity index (χ4n) is 3.21. The monoisotopic (exact) mass is 222 g/mol. The van der Waals surface area contributed by atoms with Crippen molar-refractivity contribution in [3.8, 4) is 0 Å². The molecule has 0 aromatic heterocycles. The number of hydrogen-bond donors (Lipinski definition) is 0. The summed E-state index contributed by atoms with van der Waals surface area (Å²) in [4.78, 5) is 23.6. The van der Waals surface area contributed by atoms with Crippen LogP contribution < -0.4 is 0 Å². The molecule has 2 aliphatic carbocycles. The van der Waals surface area contributed by atoms with E-state index in [0.717, 1.165) is 31.3 Å². The van der Waals surface area contributed by atoms with Gasteiger partial charge in [-0.25, -0.2) is 0 Å². The van der Waals surface area contributed by atoms with Crippen molar-refractivity contribution in [2.45, 2.75) is 39.0 Å². The molecule has 1 fully saturated rings. The predicted molar refractivity (Wildman–Crippen MR) is 59.8 cm³/mol. The summed E-state index contributed by atoms with van der Waals surface area (Å²) in [6.07, 6.45) is 5.98. The molecular formula is C13H18O3. The molecule has 0 aromatic rings. The average molecular weight is 222 g/mol. The molecule has 3 heteroatoms. The quantitative estimate of drug-likeness (QED) is 0.639. The Kier molecular flexibility index (Phi) is 2.87. The SMILES string of the molecule is COC(=O)C12CCCCC1=CC(=O)CC2C. The Labute approximate surface area is 95.9 Å². The Morgan fingerprint density at radius 2 is 2.25 bits per heavy atom. The van der Waals surface area contributed by atoms with Crippen LogP contribution in [0.25, 0.3) is 0 Å². The van der Waals surface area contributed by atoms with Gasteiger partial charge in [0.1, 0.15) is 0 Å². The molecule has 0 saturated heterocycles. The van der Waals surface area contributed by atoms with Crippen LogP contribution in [0.15, 0.2) is 11.6 Å². The molecule has 0 bridgehead atoms. The van der Waals surface area contributed by atoms with Crippen molar-refractivity contribution >= 4 is 11.8 Å². The highest BCUT2D eigenvalue weighted by molar-refractivity contribution is 5.95. The second-order valence-corrected chi connectivity index (χ2v) is 4.91. The van der Waals surface area contributed by atoms with Gasteiger partial charge in [0.2, 0.25) is 0 Å². The minimum absolute atomic E-state index is 0.0766. The van der Waals surface area contributed by atoms with E-state index in [9.17, 15) is 9.59 Å². The number of ketones is 1. The number of fused-ring (bicyclic) bond motifs is 1. The van der Waals surface area contributed by atoms with Crippen LogP contribution in [-0.2, 0) is 14.3 Å². The lowest BCUT2D eigenvalue weighted by atomic mass is 9.59. The Hall–Kier alpha value is -1.12. The summed E-state index contributed by atoms with van der Waals surface area (Å²) < 4.78 is 4.96. The highest BCUT2D eigenvalue weighted by Gasteiger charge is 2.50. The summed E-state index contributed by atoms with van der Waals surface area (Å²) >= 11 is 0. The molecule has 2 unspecified atom stereocenters. The fraction of sp³-hybridized carbons (Fsp3) is 0.692. The maximum Gasteiger partial charge on any atom is 0.316 e. The van der Waals surface area contributed by atoms with Gasteiger partial charge in [0.25, 0.3) is 0 Å². The molecule has 0 radical (unpaired) electrons. The topological polar surface area (TPSA) is 43.4 Å². The summed E-state index contributed by atoms with van der Waals surface area (Å²) in [5.74, 6) is 0.0788. The van der Waals surface area contributed by atoms with Gasteiger partial charge < -0.3 is 4.74 Å². The normalized spacial score (nSPS) is 34.0. The molecule has 0 aliphatic heterocycles. The number of carbonyl (C=O) groups is 2. The van der Waals surface area contributed by atoms with E-state index < -0.39 is 5.41 Å². The molecule has 0 amide bonds. The molecule has 3 nitrogen and oxygen atoms in total. The number of allylic oxidation sites excluding steroid dienone is 1. The first kappa shape index (κ1) is 11.4. The maximum absolute atomic E-state index is 12.1. The molecule has 2 atom stereocenters. The third-order valence-corrected chi connectivity index (χ3v) is 4.07. The van der Waals surface area contributed by atoms with Gasteiger partial charge in [-0.05, 0) is 36.8 Å². The number of carbonyl (C=O) groups excluding carboxylic acids is 2. The molecule has 88 valence electrons. The van der Waals surface area contributed by atoms with Crippen molar-refractivity contribution in [1.29, 1.82) is 0 Å². The van der Waals surface area contributed by atoms with E-state index in [2.05, 4.69) is 0 Å². The largest absolute Gasteiger partial charge is 0.468 e. The number of methoxy groups -OCH3 is 1. The van der Waals surface area contributed by atoms with Gasteiger partial charge in [0.15, 0.2) is 5.78 Å². The van der Waals surface area contributed by atoms with Crippen molar-refractivity contribution in [1.82, 2.24) is 0 Å². The first-order valence-corrected chi connectivity index (χ1v) is 5.93. The molecule has 2 aliphatic rings. The van der Waals surface area contributed by atoms with Crippen LogP contribution in [0.2, 0.25) is 0 Å². The van der Waals surface area contributed by atoms with Crippen molar-refractivity contribution in [3.05, 3.63) is 11.6 Å². The Morgan fingerprint density at radius 3 is 2.94 bits per heavy atom. The van der Waals surface area contributed by atoms with Crippen molar-refractivity contribution < 1.29 is 14.3 Å². The fourth-order valence-corrected chi connectivity index (χ4v) is 3.21. The molecule has 2 rings (SSSR count). The smallest absolute Gasteiger partial charge is 0.316 e. The minimum atomic E-state index is -0.499. The lowest BCUT2D eigenvalue weighted by molar-refractivity contribution is -0.155. The predicted octanol–water partition coefficient (Wildman–Crippen LogP) is 2.26. The standard InChI is InChI=1S/C13H18O3/c1-9-7-11(14)8-10-5-3-4-6-13(9,10)12(15)16-2/h8-9H,3-7H2,1-2H3. The zero-order valence-corrected chi connectivity index (χ0v) is 9.91. The second-order valence-electron chi connectivity index (χ2n) is 4.91. The van der Waals surface area contributed by atoms with Crippen LogP contribution >= 0.6 is 0 Å². The van der Waals surface area contributed by atoms with Crippen molar-refractivity contribution in [2.75, 3.05) is 7.11 Å². The second kappa shape index (κ2) is 4.04. The van der Waals surface area contributed by atoms with E-state index >= 15 is 0 Å². The highest BCUT2D eigenvalue weighted by Crippen LogP contribution is 2.50. The molecule has 0 aromatic carbocycles. The third-order valence-electron chi connectivity index (χ3n) is 4.07. The van der Waals surface area contributed by atoms with Gasteiger partial charge in [-0.3, -0.25) is 9.59 Å². The number of esters is 1. The molecule has 0 N–H and O–H groups in total. The number of rotatable bonds is 1. The van der Waals surface area contributed by atoms with E-state index in [1.165, 1.54) is 7.11 Å². The lowest BCUT2D eigenvalue weighted by Crippen LogP contribution is -2.45. The van der Waals surface area contributed by atoms with E-state index in [1.54, 1.807) is 6.08 Å². The van der Waals surface area contributed by atoms with Gasteiger partial charge in [-0.1, -0.05) is 13.3 Å². The summed E-state index contributed by atoms with van der Waals surface area (Å²) in [5.41, 5.74) is 0.510. The average Bonchev–Trinajstić information content (AvgIpc) is 2.28. The zero-order chi connectivity index (χ0) is 11.8. The van der Waals surface area contributed by atoms with Crippen LogP contribution in [0, 0.1) is 11.3 Å². The minimum Gasteiger partial charge on any atom is -0.468 e. The Balaban J connectivity index is 2.46. The van der Waals surface area contributed by atoms with Gasteiger partial charge >= 0.3 is 5.97 Å². The van der Waals surface area contributed by atoms with Crippen LogP contribution in [0.3, 0.4) is 0 Å². The number of hydrogen-bond acceptors (Lipinski definition) is 3. The summed E-state index contributed by atoms with van der Waals surface area (Å²) in [7, 11) is 1.44. The maximum atomic E-state index is 12.1. The molecule has 0 heterocycles. The van der Waals surface area contributed by atoms with Gasteiger partial charge in [0, 0.05) is 6.42 Å². The summed E-state index contributed by atoms with van der Waals surface area (Å²) in [6, 6.07) is 0. The highest BCUT2D eigenvalue weighted by atomic mass is 16.5. The van der Waals surface area contributed by atoms with E-state index in [0.29, 0.717) is 6.42 Å². The van der Waals surface area contributed by atoms with Crippen LogP contribution in [-0.4, -0.2) is 18.9 Å². The molecule has 16 heavy (non-hydrogen) atoms. The Bertz CT molecular complexity index is 356.